The second-order valence-corrected chi connectivity index (χ2v) is 6.70. The minimum absolute atomic E-state index is 0.158. The van der Waals surface area contributed by atoms with Crippen LogP contribution in [0.2, 0.25) is 5.02 Å². The number of halogens is 2. The van der Waals surface area contributed by atoms with E-state index in [2.05, 4.69) is 31.0 Å². The first-order valence-corrected chi connectivity index (χ1v) is 7.19. The van der Waals surface area contributed by atoms with Gasteiger partial charge in [0.05, 0.1) is 5.69 Å². The van der Waals surface area contributed by atoms with Gasteiger partial charge in [0, 0.05) is 24.2 Å². The fraction of sp³-hybridized carbons (Fsp3) is 0.600. The van der Waals surface area contributed by atoms with Crippen LogP contribution < -0.4 is 10.2 Å². The van der Waals surface area contributed by atoms with E-state index in [0.29, 0.717) is 16.8 Å². The number of anilines is 1. The van der Waals surface area contributed by atoms with E-state index in [-0.39, 0.29) is 11.2 Å². The Kier molecular flexibility index (Phi) is 4.36. The molecule has 1 fully saturated rings. The number of rotatable bonds is 1. The average Bonchev–Trinajstić information content (AvgIpc) is 2.54. The molecular formula is C15H22ClFN2. The highest BCUT2D eigenvalue weighted by Crippen LogP contribution is 2.27. The lowest BCUT2D eigenvalue weighted by molar-refractivity contribution is 0.280. The van der Waals surface area contributed by atoms with Gasteiger partial charge in [-0.25, -0.2) is 4.39 Å². The van der Waals surface area contributed by atoms with Gasteiger partial charge in [0.1, 0.15) is 5.82 Å². The van der Waals surface area contributed by atoms with Gasteiger partial charge in [-0.3, -0.25) is 0 Å². The van der Waals surface area contributed by atoms with E-state index in [4.69, 9.17) is 11.6 Å². The van der Waals surface area contributed by atoms with Crippen LogP contribution in [0.25, 0.3) is 0 Å². The van der Waals surface area contributed by atoms with Gasteiger partial charge in [0.2, 0.25) is 0 Å². The molecule has 1 N–H and O–H groups in total. The van der Waals surface area contributed by atoms with Crippen LogP contribution in [0.1, 0.15) is 27.2 Å². The molecule has 1 aromatic rings. The second-order valence-electron chi connectivity index (χ2n) is 6.27. The van der Waals surface area contributed by atoms with E-state index in [9.17, 15) is 4.39 Å². The minimum Gasteiger partial charge on any atom is -0.368 e. The zero-order valence-electron chi connectivity index (χ0n) is 11.8. The quantitative estimate of drug-likeness (QED) is 0.846. The molecule has 1 aliphatic heterocycles. The van der Waals surface area contributed by atoms with E-state index >= 15 is 0 Å². The minimum atomic E-state index is -0.234. The van der Waals surface area contributed by atoms with Gasteiger partial charge in [0.25, 0.3) is 0 Å². The number of hydrogen-bond acceptors (Lipinski definition) is 2. The Hall–Kier alpha value is -0.800. The molecule has 1 saturated heterocycles. The largest absolute Gasteiger partial charge is 0.368 e. The standard InChI is InChI=1S/C15H22ClFN2/c1-15(2,3)14-10-19(8-4-7-18-14)13-6-5-11(16)9-12(13)17/h5-6,9,14,18H,4,7-8,10H2,1-3H3. The summed E-state index contributed by atoms with van der Waals surface area (Å²) in [6, 6.07) is 5.28. The number of benzene rings is 1. The molecule has 0 aliphatic carbocycles. The highest BCUT2D eigenvalue weighted by molar-refractivity contribution is 6.30. The summed E-state index contributed by atoms with van der Waals surface area (Å²) in [4.78, 5) is 2.13. The van der Waals surface area contributed by atoms with Gasteiger partial charge in [-0.2, -0.15) is 0 Å². The van der Waals surface area contributed by atoms with Crippen molar-refractivity contribution in [2.24, 2.45) is 5.41 Å². The van der Waals surface area contributed by atoms with Crippen LogP contribution in [0, 0.1) is 11.2 Å². The molecule has 106 valence electrons. The van der Waals surface area contributed by atoms with Crippen molar-refractivity contribution in [3.05, 3.63) is 29.0 Å². The van der Waals surface area contributed by atoms with Crippen LogP contribution in [0.3, 0.4) is 0 Å². The zero-order valence-corrected chi connectivity index (χ0v) is 12.6. The maximum Gasteiger partial charge on any atom is 0.147 e. The topological polar surface area (TPSA) is 15.3 Å². The lowest BCUT2D eigenvalue weighted by atomic mass is 9.86. The Balaban J connectivity index is 2.22. The third kappa shape index (κ3) is 3.61. The maximum absolute atomic E-state index is 14.0. The van der Waals surface area contributed by atoms with Crippen LogP contribution in [0.15, 0.2) is 18.2 Å². The Morgan fingerprint density at radius 2 is 2.11 bits per heavy atom. The predicted molar refractivity (Wildman–Crippen MR) is 79.5 cm³/mol. The van der Waals surface area contributed by atoms with E-state index in [1.807, 2.05) is 0 Å². The summed E-state index contributed by atoms with van der Waals surface area (Å²) in [6.45, 7) is 9.32. The van der Waals surface area contributed by atoms with Crippen molar-refractivity contribution in [2.75, 3.05) is 24.5 Å². The average molecular weight is 285 g/mol. The van der Waals surface area contributed by atoms with E-state index in [0.717, 1.165) is 26.1 Å². The Bertz CT molecular complexity index is 442. The fourth-order valence-electron chi connectivity index (χ4n) is 2.46. The lowest BCUT2D eigenvalue weighted by Gasteiger charge is -2.34. The molecule has 0 aromatic heterocycles. The van der Waals surface area contributed by atoms with Crippen molar-refractivity contribution in [1.82, 2.24) is 5.32 Å². The summed E-state index contributed by atoms with van der Waals surface area (Å²) < 4.78 is 14.0. The van der Waals surface area contributed by atoms with Crippen LogP contribution in [-0.2, 0) is 0 Å². The molecule has 19 heavy (non-hydrogen) atoms. The van der Waals surface area contributed by atoms with Crippen molar-refractivity contribution >= 4 is 17.3 Å². The molecule has 2 nitrogen and oxygen atoms in total. The Morgan fingerprint density at radius 1 is 1.37 bits per heavy atom. The molecular weight excluding hydrogens is 263 g/mol. The third-order valence-corrected chi connectivity index (χ3v) is 3.93. The van der Waals surface area contributed by atoms with Gasteiger partial charge >= 0.3 is 0 Å². The summed E-state index contributed by atoms with van der Waals surface area (Å²) in [6.07, 6.45) is 1.02. The molecule has 1 unspecified atom stereocenters. The second kappa shape index (κ2) is 5.68. The summed E-state index contributed by atoms with van der Waals surface area (Å²) in [7, 11) is 0. The molecule has 0 bridgehead atoms. The molecule has 0 radical (unpaired) electrons. The van der Waals surface area contributed by atoms with Crippen LogP contribution in [0.4, 0.5) is 10.1 Å². The highest BCUT2D eigenvalue weighted by atomic mass is 35.5. The maximum atomic E-state index is 14.0. The smallest absolute Gasteiger partial charge is 0.147 e. The summed E-state index contributed by atoms with van der Waals surface area (Å²) >= 11 is 5.82. The normalized spacial score (nSPS) is 21.3. The van der Waals surface area contributed by atoms with Crippen molar-refractivity contribution in [1.29, 1.82) is 0 Å². The molecule has 0 amide bonds. The Morgan fingerprint density at radius 3 is 2.74 bits per heavy atom. The van der Waals surface area contributed by atoms with Gasteiger partial charge in [-0.05, 0) is 36.6 Å². The molecule has 2 rings (SSSR count). The molecule has 1 atom stereocenters. The van der Waals surface area contributed by atoms with Crippen molar-refractivity contribution < 1.29 is 4.39 Å². The number of hydrogen-bond donors (Lipinski definition) is 1. The molecule has 1 heterocycles. The van der Waals surface area contributed by atoms with E-state index in [1.165, 1.54) is 6.07 Å². The third-order valence-electron chi connectivity index (χ3n) is 3.69. The first-order valence-electron chi connectivity index (χ1n) is 6.81. The summed E-state index contributed by atoms with van der Waals surface area (Å²) in [5, 5.41) is 4.01. The number of nitrogens with zero attached hydrogens (tertiary/aromatic N) is 1. The first-order chi connectivity index (χ1) is 8.88. The summed E-state index contributed by atoms with van der Waals surface area (Å²) in [5.74, 6) is -0.234. The predicted octanol–water partition coefficient (Wildman–Crippen LogP) is 3.69. The van der Waals surface area contributed by atoms with Gasteiger partial charge in [-0.15, -0.1) is 0 Å². The lowest BCUT2D eigenvalue weighted by Crippen LogP contribution is -2.46. The van der Waals surface area contributed by atoms with Gasteiger partial charge < -0.3 is 10.2 Å². The molecule has 1 aromatic carbocycles. The first kappa shape index (κ1) is 14.6. The monoisotopic (exact) mass is 284 g/mol. The van der Waals surface area contributed by atoms with Crippen molar-refractivity contribution in [3.8, 4) is 0 Å². The van der Waals surface area contributed by atoms with Gasteiger partial charge in [-0.1, -0.05) is 32.4 Å². The SMILES string of the molecule is CC(C)(C)C1CN(c2ccc(Cl)cc2F)CCCN1. The molecule has 0 saturated carbocycles. The zero-order chi connectivity index (χ0) is 14.0. The van der Waals surface area contributed by atoms with Gasteiger partial charge in [0.15, 0.2) is 0 Å². The van der Waals surface area contributed by atoms with E-state index < -0.39 is 0 Å². The number of nitrogens with one attached hydrogen (secondary N) is 1. The van der Waals surface area contributed by atoms with Crippen LogP contribution >= 0.6 is 11.6 Å². The van der Waals surface area contributed by atoms with Crippen LogP contribution in [-0.4, -0.2) is 25.7 Å². The summed E-state index contributed by atoms with van der Waals surface area (Å²) in [5.41, 5.74) is 0.813. The highest BCUT2D eigenvalue weighted by Gasteiger charge is 2.28. The fourth-order valence-corrected chi connectivity index (χ4v) is 2.62. The Labute approximate surface area is 119 Å². The van der Waals surface area contributed by atoms with Crippen molar-refractivity contribution in [2.45, 2.75) is 33.2 Å². The van der Waals surface area contributed by atoms with Crippen LogP contribution in [0.5, 0.6) is 0 Å². The molecule has 1 aliphatic rings. The molecule has 4 heteroatoms. The molecule has 0 spiro atoms. The van der Waals surface area contributed by atoms with E-state index in [1.54, 1.807) is 12.1 Å². The van der Waals surface area contributed by atoms with Crippen molar-refractivity contribution in [3.63, 3.8) is 0 Å².